The molecule has 3 fully saturated rings. The van der Waals surface area contributed by atoms with Gasteiger partial charge in [0.25, 0.3) is 0 Å². The average molecular weight is 757 g/mol. The van der Waals surface area contributed by atoms with Crippen molar-refractivity contribution >= 4 is 0 Å². The van der Waals surface area contributed by atoms with Gasteiger partial charge in [-0.3, -0.25) is 9.80 Å². The van der Waals surface area contributed by atoms with Gasteiger partial charge in [-0.2, -0.15) is 0 Å². The molecule has 2 aromatic carbocycles. The molecule has 0 spiro atoms. The first kappa shape index (κ1) is 40.6. The van der Waals surface area contributed by atoms with Gasteiger partial charge in [0, 0.05) is 64.5 Å². The van der Waals surface area contributed by atoms with Crippen molar-refractivity contribution in [2.24, 2.45) is 35.5 Å². The minimum absolute atomic E-state index is 0.0577. The van der Waals surface area contributed by atoms with Gasteiger partial charge in [0.05, 0.1) is 52.9 Å². The second-order valence-electron chi connectivity index (χ2n) is 16.6. The molecule has 55 heavy (non-hydrogen) atoms. The van der Waals surface area contributed by atoms with Gasteiger partial charge >= 0.3 is 0 Å². The second-order valence-corrected chi connectivity index (χ2v) is 16.6. The highest BCUT2D eigenvalue weighted by Gasteiger charge is 2.58. The number of likely N-dealkylation sites (N-methyl/N-ethyl adjacent to an activating group) is 1. The van der Waals surface area contributed by atoms with E-state index in [9.17, 15) is 0 Å². The number of para-hydroxylation sites is 1. The first-order valence-corrected chi connectivity index (χ1v) is 21.3. The van der Waals surface area contributed by atoms with E-state index in [4.69, 9.17) is 28.4 Å². The monoisotopic (exact) mass is 757 g/mol. The zero-order valence-corrected chi connectivity index (χ0v) is 34.2. The van der Waals surface area contributed by atoms with E-state index in [2.05, 4.69) is 89.6 Å². The average Bonchev–Trinajstić information content (AvgIpc) is 3.91. The van der Waals surface area contributed by atoms with Crippen LogP contribution in [0.1, 0.15) is 73.6 Å². The van der Waals surface area contributed by atoms with Crippen LogP contribution in [0.4, 0.5) is 0 Å². The van der Waals surface area contributed by atoms with Crippen LogP contribution >= 0.6 is 0 Å². The number of hydrogen-bond acceptors (Lipinski definition) is 8. The predicted molar refractivity (Wildman–Crippen MR) is 219 cm³/mol. The van der Waals surface area contributed by atoms with Crippen LogP contribution in [-0.2, 0) is 23.7 Å². The molecular formula is C47H68N2O6. The van der Waals surface area contributed by atoms with Crippen molar-refractivity contribution < 1.29 is 28.4 Å². The first-order chi connectivity index (χ1) is 27.1. The van der Waals surface area contributed by atoms with Crippen molar-refractivity contribution in [3.8, 4) is 5.75 Å². The summed E-state index contributed by atoms with van der Waals surface area (Å²) in [6, 6.07) is 19.0. The third-order valence-electron chi connectivity index (χ3n) is 14.3. The molecule has 11 atom stereocenters. The third kappa shape index (κ3) is 8.67. The second kappa shape index (κ2) is 19.7. The molecule has 7 rings (SSSR count). The molecule has 2 aromatic rings. The van der Waals surface area contributed by atoms with E-state index in [1.54, 1.807) is 25.3 Å². The van der Waals surface area contributed by atoms with Gasteiger partial charge in [0.15, 0.2) is 0 Å². The Bertz CT molecular complexity index is 1550. The van der Waals surface area contributed by atoms with Crippen LogP contribution < -0.4 is 4.74 Å². The highest BCUT2D eigenvalue weighted by Crippen LogP contribution is 2.66. The van der Waals surface area contributed by atoms with E-state index in [1.807, 2.05) is 14.2 Å². The van der Waals surface area contributed by atoms with Gasteiger partial charge < -0.3 is 28.4 Å². The maximum Gasteiger partial charge on any atom is 0.123 e. The SMILES string of the molecule is CCN(CCOCCOC)C(C1CCC2C3CC(c4ccccc43)C2C2CN(CCOCCOC)C(c3ccccc3OC)C2CC1)C1C=CC=CC1OC. The Balaban J connectivity index is 1.27. The molecule has 8 heteroatoms. The van der Waals surface area contributed by atoms with Crippen LogP contribution in [0.2, 0.25) is 0 Å². The quantitative estimate of drug-likeness (QED) is 0.135. The number of nitrogens with zero attached hydrogens (tertiary/aromatic N) is 2. The van der Waals surface area contributed by atoms with Gasteiger partial charge in [-0.1, -0.05) is 73.7 Å². The Hall–Kier alpha value is -2.56. The molecule has 0 radical (unpaired) electrons. The fraction of sp³-hybridized carbons (Fsp3) is 0.660. The van der Waals surface area contributed by atoms with Crippen molar-refractivity contribution in [1.82, 2.24) is 9.80 Å². The Kier molecular flexibility index (Phi) is 14.6. The molecule has 1 heterocycles. The summed E-state index contributed by atoms with van der Waals surface area (Å²) < 4.78 is 35.3. The zero-order chi connectivity index (χ0) is 38.1. The lowest BCUT2D eigenvalue weighted by molar-refractivity contribution is 0.00209. The zero-order valence-electron chi connectivity index (χ0n) is 34.2. The summed E-state index contributed by atoms with van der Waals surface area (Å²) in [7, 11) is 7.21. The summed E-state index contributed by atoms with van der Waals surface area (Å²) in [5.41, 5.74) is 4.62. The van der Waals surface area contributed by atoms with E-state index >= 15 is 0 Å². The van der Waals surface area contributed by atoms with Crippen LogP contribution in [0.25, 0.3) is 0 Å². The Morgan fingerprint density at radius 2 is 1.38 bits per heavy atom. The van der Waals surface area contributed by atoms with Gasteiger partial charge in [0.2, 0.25) is 0 Å². The van der Waals surface area contributed by atoms with Gasteiger partial charge in [0.1, 0.15) is 5.75 Å². The molecule has 1 aliphatic heterocycles. The predicted octanol–water partition coefficient (Wildman–Crippen LogP) is 7.77. The maximum absolute atomic E-state index is 6.25. The standard InChI is InChI=1S/C47H68N2O6/c1-6-48(23-25-54-29-27-50-2)46(38-15-9-11-17-43(38)52-4)33-19-21-36-40-31-41(35-14-8-7-13-34(35)40)45(36)42-32-49(24-26-55-30-28-51-3)47(37(42)22-20-33)39-16-10-12-18-44(39)53-5/h7-18,33,36-38,40-43,45-47H,6,19-32H2,1-5H3. The normalized spacial score (nSPS) is 31.8. The molecule has 8 nitrogen and oxygen atoms in total. The minimum Gasteiger partial charge on any atom is -0.496 e. The Morgan fingerprint density at radius 3 is 2.09 bits per heavy atom. The number of likely N-dealkylation sites (tertiary alicyclic amines) is 1. The summed E-state index contributed by atoms with van der Waals surface area (Å²) in [6.45, 7) is 10.2. The number of methoxy groups -OCH3 is 4. The molecule has 5 aliphatic rings. The number of benzene rings is 2. The van der Waals surface area contributed by atoms with Crippen LogP contribution in [0.3, 0.4) is 0 Å². The molecule has 1 saturated heterocycles. The molecule has 11 unspecified atom stereocenters. The topological polar surface area (TPSA) is 61.9 Å². The molecular weight excluding hydrogens is 689 g/mol. The number of allylic oxidation sites excluding steroid dienone is 2. The summed E-state index contributed by atoms with van der Waals surface area (Å²) in [6.07, 6.45) is 15.4. The lowest BCUT2D eigenvalue weighted by atomic mass is 9.65. The molecule has 4 aliphatic carbocycles. The van der Waals surface area contributed by atoms with Crippen LogP contribution in [0.15, 0.2) is 72.8 Å². The van der Waals surface area contributed by atoms with E-state index in [-0.39, 0.29) is 18.1 Å². The molecule has 2 bridgehead atoms. The molecule has 0 N–H and O–H groups in total. The van der Waals surface area contributed by atoms with E-state index in [0.29, 0.717) is 87.1 Å². The third-order valence-corrected chi connectivity index (χ3v) is 14.3. The van der Waals surface area contributed by atoms with E-state index < -0.39 is 0 Å². The molecule has 2 saturated carbocycles. The molecule has 302 valence electrons. The number of fused-ring (bicyclic) bond motifs is 10. The summed E-state index contributed by atoms with van der Waals surface area (Å²) in [5, 5.41) is 0. The molecule has 0 amide bonds. The minimum atomic E-state index is 0.0577. The number of rotatable bonds is 19. The van der Waals surface area contributed by atoms with Crippen molar-refractivity contribution in [2.45, 2.75) is 69.1 Å². The lowest BCUT2D eigenvalue weighted by Crippen LogP contribution is -2.50. The fourth-order valence-electron chi connectivity index (χ4n) is 12.1. The number of hydrogen-bond donors (Lipinski definition) is 0. The smallest absolute Gasteiger partial charge is 0.123 e. The first-order valence-electron chi connectivity index (χ1n) is 21.3. The Labute approximate surface area is 331 Å². The van der Waals surface area contributed by atoms with Crippen LogP contribution in [-0.4, -0.2) is 116 Å². The largest absolute Gasteiger partial charge is 0.496 e. The van der Waals surface area contributed by atoms with Crippen molar-refractivity contribution in [3.63, 3.8) is 0 Å². The van der Waals surface area contributed by atoms with Crippen LogP contribution in [0, 0.1) is 35.5 Å². The highest BCUT2D eigenvalue weighted by atomic mass is 16.5. The van der Waals surface area contributed by atoms with E-state index in [1.165, 1.54) is 37.7 Å². The van der Waals surface area contributed by atoms with Gasteiger partial charge in [-0.05, 0) is 97.3 Å². The summed E-state index contributed by atoms with van der Waals surface area (Å²) >= 11 is 0. The number of ether oxygens (including phenoxy) is 6. The summed E-state index contributed by atoms with van der Waals surface area (Å²) in [5.74, 6) is 5.61. The van der Waals surface area contributed by atoms with Crippen LogP contribution in [0.5, 0.6) is 5.75 Å². The van der Waals surface area contributed by atoms with Crippen molar-refractivity contribution in [1.29, 1.82) is 0 Å². The fourth-order valence-corrected chi connectivity index (χ4v) is 12.1. The van der Waals surface area contributed by atoms with Gasteiger partial charge in [-0.25, -0.2) is 0 Å². The van der Waals surface area contributed by atoms with Crippen molar-refractivity contribution in [3.05, 3.63) is 89.5 Å². The maximum atomic E-state index is 6.25. The van der Waals surface area contributed by atoms with E-state index in [0.717, 1.165) is 31.9 Å². The summed E-state index contributed by atoms with van der Waals surface area (Å²) in [4.78, 5) is 5.52. The Morgan fingerprint density at radius 1 is 0.709 bits per heavy atom. The highest BCUT2D eigenvalue weighted by molar-refractivity contribution is 5.44. The molecule has 0 aromatic heterocycles. The van der Waals surface area contributed by atoms with Gasteiger partial charge in [-0.15, -0.1) is 0 Å². The lowest BCUT2D eigenvalue weighted by Gasteiger charge is -2.44. The van der Waals surface area contributed by atoms with Crippen molar-refractivity contribution in [2.75, 3.05) is 94.3 Å².